The van der Waals surface area contributed by atoms with Crippen LogP contribution in [0, 0.1) is 0 Å². The normalized spacial score (nSPS) is 13.2. The number of amides is 1. The zero-order valence-electron chi connectivity index (χ0n) is 17.4. The van der Waals surface area contributed by atoms with E-state index in [4.69, 9.17) is 14.6 Å². The van der Waals surface area contributed by atoms with Gasteiger partial charge in [0.1, 0.15) is 11.5 Å². The number of anilines is 1. The molecule has 0 saturated heterocycles. The lowest BCUT2D eigenvalue weighted by molar-refractivity contribution is -0.116. The van der Waals surface area contributed by atoms with Crippen molar-refractivity contribution in [1.29, 1.82) is 0 Å². The molecule has 0 unspecified atom stereocenters. The highest BCUT2D eigenvalue weighted by Gasteiger charge is 2.26. The van der Waals surface area contributed by atoms with E-state index in [0.717, 1.165) is 11.1 Å². The minimum absolute atomic E-state index is 0.0436. The predicted octanol–water partition coefficient (Wildman–Crippen LogP) is 1.82. The van der Waals surface area contributed by atoms with Gasteiger partial charge in [0.15, 0.2) is 5.82 Å². The van der Waals surface area contributed by atoms with Gasteiger partial charge in [-0.2, -0.15) is 0 Å². The number of ether oxygens (including phenoxy) is 2. The minimum atomic E-state index is -3.78. The molecule has 0 radical (unpaired) electrons. The first kappa shape index (κ1) is 22.1. The van der Waals surface area contributed by atoms with Gasteiger partial charge >= 0.3 is 0 Å². The molecule has 12 heteroatoms. The number of H-pyrrole nitrogens is 1. The Bertz CT molecular complexity index is 1280. The van der Waals surface area contributed by atoms with Gasteiger partial charge < -0.3 is 14.4 Å². The van der Waals surface area contributed by atoms with Crippen LogP contribution in [0.1, 0.15) is 5.56 Å². The number of aromatic nitrogens is 3. The molecule has 2 aromatic carbocycles. The average molecular weight is 476 g/mol. The molecule has 3 N–H and O–H groups in total. The maximum atomic E-state index is 12.8. The van der Waals surface area contributed by atoms with E-state index in [1.807, 2.05) is 6.07 Å². The van der Waals surface area contributed by atoms with Crippen LogP contribution in [0.4, 0.5) is 5.69 Å². The molecule has 32 heavy (non-hydrogen) atoms. The van der Waals surface area contributed by atoms with E-state index in [1.165, 1.54) is 23.9 Å². The van der Waals surface area contributed by atoms with E-state index >= 15 is 0 Å². The van der Waals surface area contributed by atoms with Crippen molar-refractivity contribution in [1.82, 2.24) is 15.2 Å². The van der Waals surface area contributed by atoms with Crippen LogP contribution in [0.3, 0.4) is 0 Å². The van der Waals surface area contributed by atoms with Crippen molar-refractivity contribution in [2.45, 2.75) is 16.5 Å². The lowest BCUT2D eigenvalue weighted by Gasteiger charge is -2.16. The number of nitrogens with one attached hydrogen (secondary N) is 1. The van der Waals surface area contributed by atoms with Gasteiger partial charge in [0.25, 0.3) is 0 Å². The van der Waals surface area contributed by atoms with Gasteiger partial charge in [-0.05, 0) is 42.3 Å². The standard InChI is InChI=1S/C20H21N5O5S2/c1-29-13-3-5-15(17(10-13)30-2)19-22-20(24-23-19)31-11-18(26)25-8-7-12-9-14(32(21,27)28)4-6-16(12)25/h3-6,9-10H,7-8,11H2,1-2H3,(H2,21,27,28)(H,22,23,24). The number of carbonyl (C=O) groups excluding carboxylic acids is 1. The molecule has 0 saturated carbocycles. The summed E-state index contributed by atoms with van der Waals surface area (Å²) in [5.41, 5.74) is 2.20. The quantitative estimate of drug-likeness (QED) is 0.493. The van der Waals surface area contributed by atoms with Gasteiger partial charge in [0.05, 0.1) is 30.4 Å². The number of fused-ring (bicyclic) bond motifs is 1. The van der Waals surface area contributed by atoms with E-state index in [0.29, 0.717) is 41.1 Å². The monoisotopic (exact) mass is 475 g/mol. The molecular weight excluding hydrogens is 454 g/mol. The number of thioether (sulfide) groups is 1. The zero-order valence-corrected chi connectivity index (χ0v) is 19.0. The van der Waals surface area contributed by atoms with Gasteiger partial charge in [-0.3, -0.25) is 9.89 Å². The predicted molar refractivity (Wildman–Crippen MR) is 120 cm³/mol. The molecule has 0 aliphatic carbocycles. The number of primary sulfonamides is 1. The number of aromatic amines is 1. The van der Waals surface area contributed by atoms with Crippen molar-refractivity contribution in [3.05, 3.63) is 42.0 Å². The lowest BCUT2D eigenvalue weighted by atomic mass is 10.2. The first-order valence-electron chi connectivity index (χ1n) is 9.54. The Labute approximate surface area is 189 Å². The third-order valence-corrected chi connectivity index (χ3v) is 6.77. The lowest BCUT2D eigenvalue weighted by Crippen LogP contribution is -2.30. The maximum Gasteiger partial charge on any atom is 0.238 e. The fraction of sp³-hybridized carbons (Fsp3) is 0.250. The second-order valence-electron chi connectivity index (χ2n) is 6.95. The van der Waals surface area contributed by atoms with Crippen LogP contribution in [-0.2, 0) is 21.2 Å². The molecular formula is C20H21N5O5S2. The fourth-order valence-electron chi connectivity index (χ4n) is 3.44. The summed E-state index contributed by atoms with van der Waals surface area (Å²) in [6, 6.07) is 9.91. The smallest absolute Gasteiger partial charge is 0.238 e. The minimum Gasteiger partial charge on any atom is -0.497 e. The van der Waals surface area contributed by atoms with E-state index < -0.39 is 10.0 Å². The van der Waals surface area contributed by atoms with Gasteiger partial charge in [0, 0.05) is 18.3 Å². The number of rotatable bonds is 7. The Morgan fingerprint density at radius 3 is 2.75 bits per heavy atom. The summed E-state index contributed by atoms with van der Waals surface area (Å²) in [5, 5.41) is 12.7. The van der Waals surface area contributed by atoms with E-state index in [2.05, 4.69) is 15.2 Å². The number of sulfonamides is 1. The molecule has 1 aromatic heterocycles. The van der Waals surface area contributed by atoms with Crippen molar-refractivity contribution in [3.63, 3.8) is 0 Å². The molecule has 1 aliphatic heterocycles. The van der Waals surface area contributed by atoms with Crippen molar-refractivity contribution in [2.75, 3.05) is 31.4 Å². The van der Waals surface area contributed by atoms with Crippen molar-refractivity contribution in [2.24, 2.45) is 5.14 Å². The Morgan fingerprint density at radius 1 is 1.22 bits per heavy atom. The Balaban J connectivity index is 1.44. The van der Waals surface area contributed by atoms with Crippen LogP contribution < -0.4 is 19.5 Å². The van der Waals surface area contributed by atoms with Crippen LogP contribution in [0.25, 0.3) is 11.4 Å². The molecule has 1 aliphatic rings. The number of nitrogens with two attached hydrogens (primary N) is 1. The SMILES string of the molecule is COc1ccc(-c2nc(SCC(=O)N3CCc4cc(S(N)(=O)=O)ccc43)n[nH]2)c(OC)c1. The first-order chi connectivity index (χ1) is 15.3. The van der Waals surface area contributed by atoms with Crippen molar-refractivity contribution < 1.29 is 22.7 Å². The Kier molecular flexibility index (Phi) is 6.09. The third-order valence-electron chi connectivity index (χ3n) is 5.03. The average Bonchev–Trinajstić information content (AvgIpc) is 3.43. The summed E-state index contributed by atoms with van der Waals surface area (Å²) in [6.45, 7) is 0.477. The summed E-state index contributed by atoms with van der Waals surface area (Å²) < 4.78 is 33.7. The summed E-state index contributed by atoms with van der Waals surface area (Å²) >= 11 is 1.21. The first-order valence-corrected chi connectivity index (χ1v) is 12.1. The summed E-state index contributed by atoms with van der Waals surface area (Å²) in [4.78, 5) is 18.9. The highest BCUT2D eigenvalue weighted by molar-refractivity contribution is 7.99. The molecule has 10 nitrogen and oxygen atoms in total. The van der Waals surface area contributed by atoms with Crippen LogP contribution >= 0.6 is 11.8 Å². The van der Waals surface area contributed by atoms with Crippen molar-refractivity contribution in [3.8, 4) is 22.9 Å². The number of hydrogen-bond donors (Lipinski definition) is 2. The van der Waals surface area contributed by atoms with Crippen LogP contribution in [0.5, 0.6) is 11.5 Å². The summed E-state index contributed by atoms with van der Waals surface area (Å²) in [7, 11) is -0.647. The molecule has 3 aromatic rings. The van der Waals surface area contributed by atoms with Gasteiger partial charge in [-0.1, -0.05) is 11.8 Å². The van der Waals surface area contributed by atoms with Gasteiger partial charge in [-0.15, -0.1) is 5.10 Å². The molecule has 0 spiro atoms. The fourth-order valence-corrected chi connectivity index (χ4v) is 4.68. The summed E-state index contributed by atoms with van der Waals surface area (Å²) in [6.07, 6.45) is 0.567. The molecule has 168 valence electrons. The number of carbonyl (C=O) groups is 1. The zero-order chi connectivity index (χ0) is 22.9. The number of hydrogen-bond acceptors (Lipinski definition) is 8. The Hall–Kier alpha value is -3.09. The topological polar surface area (TPSA) is 140 Å². The molecule has 1 amide bonds. The third kappa shape index (κ3) is 4.42. The van der Waals surface area contributed by atoms with E-state index in [1.54, 1.807) is 37.3 Å². The summed E-state index contributed by atoms with van der Waals surface area (Å²) in [5.74, 6) is 1.77. The largest absolute Gasteiger partial charge is 0.497 e. The van der Waals surface area contributed by atoms with Crippen molar-refractivity contribution >= 4 is 33.4 Å². The number of benzene rings is 2. The highest BCUT2D eigenvalue weighted by atomic mass is 32.2. The highest BCUT2D eigenvalue weighted by Crippen LogP contribution is 2.33. The number of methoxy groups -OCH3 is 2. The molecule has 2 heterocycles. The maximum absolute atomic E-state index is 12.8. The van der Waals surface area contributed by atoms with E-state index in [-0.39, 0.29) is 16.6 Å². The van der Waals surface area contributed by atoms with Gasteiger partial charge in [0.2, 0.25) is 21.1 Å². The molecule has 0 atom stereocenters. The second kappa shape index (κ2) is 8.81. The van der Waals surface area contributed by atoms with E-state index in [9.17, 15) is 13.2 Å². The Morgan fingerprint density at radius 2 is 2.03 bits per heavy atom. The number of nitrogens with zero attached hydrogens (tertiary/aromatic N) is 3. The molecule has 4 rings (SSSR count). The van der Waals surface area contributed by atoms with Gasteiger partial charge in [-0.25, -0.2) is 18.5 Å². The second-order valence-corrected chi connectivity index (χ2v) is 9.46. The molecule has 0 bridgehead atoms. The van der Waals surface area contributed by atoms with Crippen LogP contribution in [0.15, 0.2) is 46.5 Å². The molecule has 0 fully saturated rings. The van der Waals surface area contributed by atoms with Crippen LogP contribution in [0.2, 0.25) is 0 Å². The van der Waals surface area contributed by atoms with Crippen LogP contribution in [-0.4, -0.2) is 56.0 Å².